The molecule has 10 heteroatoms. The highest BCUT2D eigenvalue weighted by atomic mass is 79.9. The number of benzene rings is 1. The van der Waals surface area contributed by atoms with E-state index >= 15 is 0 Å². The molecule has 4 rings (SSSR count). The summed E-state index contributed by atoms with van der Waals surface area (Å²) in [5.41, 5.74) is 7.30. The maximum absolute atomic E-state index is 11.6. The van der Waals surface area contributed by atoms with E-state index in [1.54, 1.807) is 0 Å². The number of hydrogen-bond acceptors (Lipinski definition) is 5. The van der Waals surface area contributed by atoms with Gasteiger partial charge in [0.15, 0.2) is 5.52 Å². The molecular formula is C15H18Br2ClN5O2. The van der Waals surface area contributed by atoms with Crippen LogP contribution in [0.4, 0.5) is 11.6 Å². The normalized spacial score (nSPS) is 20.1. The average molecular weight is 496 g/mol. The Balaban J connectivity index is 0.00000182. The van der Waals surface area contributed by atoms with E-state index in [0.29, 0.717) is 20.4 Å². The Morgan fingerprint density at radius 1 is 1.36 bits per heavy atom. The predicted octanol–water partition coefficient (Wildman–Crippen LogP) is 3.84. The molecule has 0 bridgehead atoms. The van der Waals surface area contributed by atoms with Gasteiger partial charge in [-0.25, -0.2) is 4.98 Å². The van der Waals surface area contributed by atoms with Gasteiger partial charge in [0.05, 0.1) is 10.4 Å². The van der Waals surface area contributed by atoms with Crippen molar-refractivity contribution in [1.82, 2.24) is 9.55 Å². The number of anilines is 1. The van der Waals surface area contributed by atoms with Crippen molar-refractivity contribution in [3.63, 3.8) is 0 Å². The maximum Gasteiger partial charge on any atom is 0.312 e. The molecule has 25 heavy (non-hydrogen) atoms. The lowest BCUT2D eigenvalue weighted by atomic mass is 10.2. The smallest absolute Gasteiger partial charge is 0.312 e. The minimum Gasteiger partial charge on any atom is -0.341 e. The van der Waals surface area contributed by atoms with Crippen molar-refractivity contribution in [3.8, 4) is 0 Å². The summed E-state index contributed by atoms with van der Waals surface area (Å²) >= 11 is 6.75. The van der Waals surface area contributed by atoms with E-state index in [1.165, 1.54) is 12.8 Å². The van der Waals surface area contributed by atoms with Gasteiger partial charge >= 0.3 is 5.69 Å². The maximum atomic E-state index is 11.6. The quantitative estimate of drug-likeness (QED) is 0.514. The summed E-state index contributed by atoms with van der Waals surface area (Å²) in [6.07, 6.45) is 3.33. The van der Waals surface area contributed by atoms with Crippen LogP contribution in [0.15, 0.2) is 15.0 Å². The number of nitro benzene ring substituents is 1. The largest absolute Gasteiger partial charge is 0.341 e. The molecule has 2 heterocycles. The third-order valence-corrected chi connectivity index (χ3v) is 6.68. The standard InChI is InChI=1S/C15H17Br2N5O2.ClH/c16-10-5-11-13(14(12(10)17)22(23)24)19-15(20-4-3-9(18)7-20)21(11)6-8-1-2-8;/h5,8-9H,1-4,6-7,18H2;1H/t9-;/m0./s1. The summed E-state index contributed by atoms with van der Waals surface area (Å²) in [7, 11) is 0. The van der Waals surface area contributed by atoms with Gasteiger partial charge in [-0.05, 0) is 63.1 Å². The molecule has 1 aliphatic carbocycles. The number of nitro groups is 1. The first-order valence-electron chi connectivity index (χ1n) is 7.99. The third-order valence-electron chi connectivity index (χ3n) is 4.72. The van der Waals surface area contributed by atoms with Crippen molar-refractivity contribution in [1.29, 1.82) is 0 Å². The average Bonchev–Trinajstić information content (AvgIpc) is 3.14. The molecule has 1 saturated carbocycles. The van der Waals surface area contributed by atoms with Crippen molar-refractivity contribution in [2.75, 3.05) is 18.0 Å². The molecular weight excluding hydrogens is 477 g/mol. The Labute approximate surface area is 167 Å². The van der Waals surface area contributed by atoms with Gasteiger partial charge in [0.25, 0.3) is 0 Å². The first kappa shape index (κ1) is 18.9. The molecule has 2 fully saturated rings. The zero-order valence-corrected chi connectivity index (χ0v) is 17.3. The minimum atomic E-state index is -0.370. The number of imidazole rings is 1. The Bertz CT molecular complexity index is 839. The van der Waals surface area contributed by atoms with Crippen molar-refractivity contribution < 1.29 is 4.92 Å². The Kier molecular flexibility index (Phi) is 5.30. The van der Waals surface area contributed by atoms with Crippen molar-refractivity contribution in [3.05, 3.63) is 25.1 Å². The number of fused-ring (bicyclic) bond motifs is 1. The van der Waals surface area contributed by atoms with Gasteiger partial charge in [-0.3, -0.25) is 10.1 Å². The fourth-order valence-electron chi connectivity index (χ4n) is 3.29. The number of rotatable bonds is 4. The molecule has 1 atom stereocenters. The molecule has 0 radical (unpaired) electrons. The zero-order valence-electron chi connectivity index (χ0n) is 13.3. The summed E-state index contributed by atoms with van der Waals surface area (Å²) in [6, 6.07) is 2.05. The molecule has 136 valence electrons. The van der Waals surface area contributed by atoms with E-state index < -0.39 is 0 Å². The molecule has 2 aliphatic rings. The van der Waals surface area contributed by atoms with Gasteiger partial charge in [0.2, 0.25) is 5.95 Å². The van der Waals surface area contributed by atoms with Gasteiger partial charge in [0, 0.05) is 30.1 Å². The summed E-state index contributed by atoms with van der Waals surface area (Å²) in [5, 5.41) is 11.6. The third kappa shape index (κ3) is 3.39. The number of aromatic nitrogens is 2. The molecule has 0 unspecified atom stereocenters. The highest BCUT2D eigenvalue weighted by Crippen LogP contribution is 2.42. The zero-order chi connectivity index (χ0) is 17.0. The lowest BCUT2D eigenvalue weighted by Gasteiger charge is -2.19. The van der Waals surface area contributed by atoms with Crippen molar-refractivity contribution in [2.45, 2.75) is 31.8 Å². The Morgan fingerprint density at radius 3 is 2.64 bits per heavy atom. The van der Waals surface area contributed by atoms with Crippen molar-refractivity contribution >= 4 is 66.9 Å². The first-order chi connectivity index (χ1) is 11.5. The minimum absolute atomic E-state index is 0. The fraction of sp³-hybridized carbons (Fsp3) is 0.533. The van der Waals surface area contributed by atoms with Gasteiger partial charge in [0.1, 0.15) is 4.47 Å². The van der Waals surface area contributed by atoms with Gasteiger partial charge in [-0.2, -0.15) is 0 Å². The molecule has 1 saturated heterocycles. The van der Waals surface area contributed by atoms with Crippen LogP contribution in [0.2, 0.25) is 0 Å². The SMILES string of the molecule is Cl.N[C@H]1CCN(c2nc3c([N+](=O)[O-])c(Br)c(Br)cc3n2CC2CC2)C1. The van der Waals surface area contributed by atoms with Crippen molar-refractivity contribution in [2.24, 2.45) is 11.7 Å². The molecule has 0 amide bonds. The molecule has 1 aliphatic heterocycles. The Morgan fingerprint density at radius 2 is 2.08 bits per heavy atom. The van der Waals surface area contributed by atoms with Crippen LogP contribution in [0.3, 0.4) is 0 Å². The van der Waals surface area contributed by atoms with Gasteiger partial charge in [-0.15, -0.1) is 12.4 Å². The molecule has 2 N–H and O–H groups in total. The monoisotopic (exact) mass is 493 g/mol. The fourth-order valence-corrected chi connectivity index (χ4v) is 4.14. The van der Waals surface area contributed by atoms with Gasteiger partial charge in [-0.1, -0.05) is 0 Å². The number of halogens is 3. The highest BCUT2D eigenvalue weighted by Gasteiger charge is 2.32. The van der Waals surface area contributed by atoms with E-state index in [9.17, 15) is 10.1 Å². The van der Waals surface area contributed by atoms with Crippen LogP contribution in [0.1, 0.15) is 19.3 Å². The second-order valence-electron chi connectivity index (χ2n) is 6.61. The van der Waals surface area contributed by atoms with Crippen LogP contribution in [0, 0.1) is 16.0 Å². The second kappa shape index (κ2) is 7.02. The van der Waals surface area contributed by atoms with E-state index in [1.807, 2.05) is 6.07 Å². The summed E-state index contributed by atoms with van der Waals surface area (Å²) in [6.45, 7) is 2.43. The molecule has 1 aromatic carbocycles. The molecule has 7 nitrogen and oxygen atoms in total. The van der Waals surface area contributed by atoms with Crippen LogP contribution in [0.5, 0.6) is 0 Å². The van der Waals surface area contributed by atoms with E-state index in [2.05, 4.69) is 46.3 Å². The Hall–Kier alpha value is -0.900. The van der Waals surface area contributed by atoms with Crippen LogP contribution in [-0.4, -0.2) is 33.6 Å². The van der Waals surface area contributed by atoms with Crippen LogP contribution in [-0.2, 0) is 6.54 Å². The van der Waals surface area contributed by atoms with E-state index in [0.717, 1.165) is 37.5 Å². The number of nitrogens with two attached hydrogens (primary N) is 1. The van der Waals surface area contributed by atoms with Crippen LogP contribution in [0.25, 0.3) is 11.0 Å². The number of hydrogen-bond donors (Lipinski definition) is 1. The first-order valence-corrected chi connectivity index (χ1v) is 9.57. The predicted molar refractivity (Wildman–Crippen MR) is 107 cm³/mol. The van der Waals surface area contributed by atoms with Gasteiger partial charge < -0.3 is 15.2 Å². The molecule has 1 aromatic heterocycles. The summed E-state index contributed by atoms with van der Waals surface area (Å²) < 4.78 is 3.24. The number of nitrogens with zero attached hydrogens (tertiary/aromatic N) is 4. The molecule has 2 aromatic rings. The van der Waals surface area contributed by atoms with Crippen LogP contribution >= 0.6 is 44.3 Å². The van der Waals surface area contributed by atoms with E-state index in [4.69, 9.17) is 5.73 Å². The van der Waals surface area contributed by atoms with E-state index in [-0.39, 0.29) is 29.1 Å². The summed E-state index contributed by atoms with van der Waals surface area (Å²) in [5.74, 6) is 1.44. The molecule has 0 spiro atoms. The lowest BCUT2D eigenvalue weighted by Crippen LogP contribution is -2.28. The summed E-state index contributed by atoms with van der Waals surface area (Å²) in [4.78, 5) is 18.0. The highest BCUT2D eigenvalue weighted by molar-refractivity contribution is 9.13. The van der Waals surface area contributed by atoms with Crippen LogP contribution < -0.4 is 10.6 Å². The second-order valence-corrected chi connectivity index (χ2v) is 8.25. The topological polar surface area (TPSA) is 90.2 Å². The lowest BCUT2D eigenvalue weighted by molar-refractivity contribution is -0.384.